The molecule has 0 aliphatic carbocycles. The Morgan fingerprint density at radius 1 is 1.32 bits per heavy atom. The van der Waals surface area contributed by atoms with Gasteiger partial charge in [0.25, 0.3) is 0 Å². The second kappa shape index (κ2) is 4.85. The molecule has 0 radical (unpaired) electrons. The van der Waals surface area contributed by atoms with Gasteiger partial charge in [-0.25, -0.2) is 4.98 Å². The number of hydrogen-bond acceptors (Lipinski definition) is 2. The van der Waals surface area contributed by atoms with Crippen molar-refractivity contribution in [2.45, 2.75) is 33.0 Å². The summed E-state index contributed by atoms with van der Waals surface area (Å²) in [6.07, 6.45) is 6.10. The summed E-state index contributed by atoms with van der Waals surface area (Å²) in [5.74, 6) is 1.75. The van der Waals surface area contributed by atoms with Gasteiger partial charge >= 0.3 is 0 Å². The van der Waals surface area contributed by atoms with Crippen molar-refractivity contribution in [1.29, 1.82) is 0 Å². The van der Waals surface area contributed by atoms with Crippen LogP contribution in [0.25, 0.3) is 0 Å². The lowest BCUT2D eigenvalue weighted by molar-refractivity contribution is 0.108. The molecule has 2 aromatic rings. The first-order chi connectivity index (χ1) is 9.16. The number of nitrogens with zero attached hydrogens (tertiary/aromatic N) is 4. The Morgan fingerprint density at radius 3 is 2.84 bits per heavy atom. The van der Waals surface area contributed by atoms with Gasteiger partial charge in [-0.15, -0.1) is 0 Å². The largest absolute Gasteiger partial charge is 0.349 e. The van der Waals surface area contributed by atoms with Gasteiger partial charge < -0.3 is 9.13 Å². The number of fused-ring (bicyclic) bond motifs is 1. The van der Waals surface area contributed by atoms with Crippen molar-refractivity contribution < 1.29 is 0 Å². The Hall–Kier alpha value is -1.55. The SMILES string of the molecule is CC(C)C1c2cccn2CCN1Cc1nccn1C. The molecular formula is C15H22N4. The molecule has 0 N–H and O–H groups in total. The molecule has 4 nitrogen and oxygen atoms in total. The maximum Gasteiger partial charge on any atom is 0.122 e. The minimum absolute atomic E-state index is 0.487. The van der Waals surface area contributed by atoms with E-state index in [9.17, 15) is 0 Å². The van der Waals surface area contributed by atoms with Crippen LogP contribution in [-0.2, 0) is 20.1 Å². The van der Waals surface area contributed by atoms with Gasteiger partial charge in [0.05, 0.1) is 12.6 Å². The van der Waals surface area contributed by atoms with E-state index in [2.05, 4.69) is 58.2 Å². The molecule has 102 valence electrons. The molecule has 4 heteroatoms. The van der Waals surface area contributed by atoms with Crippen LogP contribution in [0.15, 0.2) is 30.7 Å². The van der Waals surface area contributed by atoms with Crippen LogP contribution in [0.1, 0.15) is 31.4 Å². The van der Waals surface area contributed by atoms with Gasteiger partial charge in [-0.3, -0.25) is 4.90 Å². The smallest absolute Gasteiger partial charge is 0.122 e. The van der Waals surface area contributed by atoms with E-state index in [4.69, 9.17) is 0 Å². The molecule has 1 aliphatic rings. The quantitative estimate of drug-likeness (QED) is 0.845. The molecular weight excluding hydrogens is 236 g/mol. The third-order valence-corrected chi connectivity index (χ3v) is 4.09. The molecule has 0 amide bonds. The van der Waals surface area contributed by atoms with E-state index in [1.807, 2.05) is 12.4 Å². The average Bonchev–Trinajstić information content (AvgIpc) is 2.98. The topological polar surface area (TPSA) is 26.0 Å². The van der Waals surface area contributed by atoms with Crippen LogP contribution in [0.2, 0.25) is 0 Å². The van der Waals surface area contributed by atoms with Gasteiger partial charge in [0.2, 0.25) is 0 Å². The minimum Gasteiger partial charge on any atom is -0.349 e. The summed E-state index contributed by atoms with van der Waals surface area (Å²) in [5, 5.41) is 0. The summed E-state index contributed by atoms with van der Waals surface area (Å²) in [6, 6.07) is 4.91. The lowest BCUT2D eigenvalue weighted by atomic mass is 9.97. The van der Waals surface area contributed by atoms with Crippen LogP contribution in [0.5, 0.6) is 0 Å². The first-order valence-corrected chi connectivity index (χ1v) is 7.02. The average molecular weight is 258 g/mol. The van der Waals surface area contributed by atoms with Crippen LogP contribution in [0.3, 0.4) is 0 Å². The van der Waals surface area contributed by atoms with Crippen molar-refractivity contribution in [3.63, 3.8) is 0 Å². The fraction of sp³-hybridized carbons (Fsp3) is 0.533. The van der Waals surface area contributed by atoms with Crippen molar-refractivity contribution >= 4 is 0 Å². The fourth-order valence-corrected chi connectivity index (χ4v) is 3.13. The number of rotatable bonds is 3. The van der Waals surface area contributed by atoms with Gasteiger partial charge in [0.1, 0.15) is 5.82 Å². The lowest BCUT2D eigenvalue weighted by Gasteiger charge is -2.39. The first kappa shape index (κ1) is 12.5. The van der Waals surface area contributed by atoms with E-state index < -0.39 is 0 Å². The Labute approximate surface area is 114 Å². The van der Waals surface area contributed by atoms with Gasteiger partial charge in [-0.05, 0) is 18.1 Å². The predicted octanol–water partition coefficient (Wildman–Crippen LogP) is 2.43. The van der Waals surface area contributed by atoms with Crippen molar-refractivity contribution in [1.82, 2.24) is 19.0 Å². The number of aromatic nitrogens is 3. The molecule has 0 bridgehead atoms. The summed E-state index contributed by atoms with van der Waals surface area (Å²) in [5.41, 5.74) is 1.44. The third kappa shape index (κ3) is 2.21. The lowest BCUT2D eigenvalue weighted by Crippen LogP contribution is -2.40. The molecule has 1 aliphatic heterocycles. The van der Waals surface area contributed by atoms with E-state index in [-0.39, 0.29) is 0 Å². The Bertz CT molecular complexity index is 552. The Morgan fingerprint density at radius 2 is 2.16 bits per heavy atom. The molecule has 1 atom stereocenters. The minimum atomic E-state index is 0.487. The van der Waals surface area contributed by atoms with Crippen LogP contribution >= 0.6 is 0 Å². The van der Waals surface area contributed by atoms with Gasteiger partial charge in [0, 0.05) is 44.4 Å². The summed E-state index contributed by atoms with van der Waals surface area (Å²) in [4.78, 5) is 7.02. The normalized spacial score (nSPS) is 19.9. The first-order valence-electron chi connectivity index (χ1n) is 7.02. The van der Waals surface area contributed by atoms with Crippen LogP contribution in [0.4, 0.5) is 0 Å². The monoisotopic (exact) mass is 258 g/mol. The van der Waals surface area contributed by atoms with Crippen LogP contribution in [0, 0.1) is 5.92 Å². The molecule has 1 unspecified atom stereocenters. The fourth-order valence-electron chi connectivity index (χ4n) is 3.13. The molecule has 0 saturated heterocycles. The zero-order chi connectivity index (χ0) is 13.4. The number of imidazole rings is 1. The van der Waals surface area contributed by atoms with Gasteiger partial charge in [-0.1, -0.05) is 13.8 Å². The van der Waals surface area contributed by atoms with E-state index >= 15 is 0 Å². The van der Waals surface area contributed by atoms with Crippen molar-refractivity contribution in [3.05, 3.63) is 42.2 Å². The Balaban J connectivity index is 1.88. The highest BCUT2D eigenvalue weighted by atomic mass is 15.3. The molecule has 3 rings (SSSR count). The number of aryl methyl sites for hydroxylation is 1. The predicted molar refractivity (Wildman–Crippen MR) is 75.6 cm³/mol. The van der Waals surface area contributed by atoms with Crippen molar-refractivity contribution in [2.24, 2.45) is 13.0 Å². The summed E-state index contributed by atoms with van der Waals surface area (Å²) < 4.78 is 4.50. The van der Waals surface area contributed by atoms with Crippen LogP contribution in [-0.4, -0.2) is 25.6 Å². The van der Waals surface area contributed by atoms with Crippen LogP contribution < -0.4 is 0 Å². The zero-order valence-corrected chi connectivity index (χ0v) is 12.0. The van der Waals surface area contributed by atoms with Crippen molar-refractivity contribution in [3.8, 4) is 0 Å². The molecule has 0 saturated carbocycles. The van der Waals surface area contributed by atoms with E-state index in [1.54, 1.807) is 0 Å². The van der Waals surface area contributed by atoms with Gasteiger partial charge in [-0.2, -0.15) is 0 Å². The number of hydrogen-bond donors (Lipinski definition) is 0. The van der Waals surface area contributed by atoms with E-state index in [0.29, 0.717) is 12.0 Å². The zero-order valence-electron chi connectivity index (χ0n) is 12.0. The standard InChI is InChI=1S/C15H22N4/c1-12(2)15-13-5-4-7-18(13)9-10-19(15)11-14-16-6-8-17(14)3/h4-8,12,15H,9-11H2,1-3H3. The summed E-state index contributed by atoms with van der Waals surface area (Å²) >= 11 is 0. The molecule has 19 heavy (non-hydrogen) atoms. The molecule has 0 fully saturated rings. The molecule has 3 heterocycles. The summed E-state index contributed by atoms with van der Waals surface area (Å²) in [6.45, 7) is 7.71. The third-order valence-electron chi connectivity index (χ3n) is 4.09. The highest BCUT2D eigenvalue weighted by Crippen LogP contribution is 2.33. The van der Waals surface area contributed by atoms with E-state index in [1.165, 1.54) is 5.69 Å². The highest BCUT2D eigenvalue weighted by molar-refractivity contribution is 5.15. The maximum absolute atomic E-state index is 4.46. The van der Waals surface area contributed by atoms with E-state index in [0.717, 1.165) is 25.5 Å². The van der Waals surface area contributed by atoms with Crippen molar-refractivity contribution in [2.75, 3.05) is 6.54 Å². The van der Waals surface area contributed by atoms with Gasteiger partial charge in [0.15, 0.2) is 0 Å². The second-order valence-electron chi connectivity index (χ2n) is 5.74. The highest BCUT2D eigenvalue weighted by Gasteiger charge is 2.30. The summed E-state index contributed by atoms with van der Waals surface area (Å²) in [7, 11) is 2.07. The molecule has 0 aromatic carbocycles. The Kier molecular flexibility index (Phi) is 3.19. The maximum atomic E-state index is 4.46. The second-order valence-corrected chi connectivity index (χ2v) is 5.74. The molecule has 2 aromatic heterocycles. The molecule has 0 spiro atoms.